The van der Waals surface area contributed by atoms with Gasteiger partial charge in [-0.2, -0.15) is 0 Å². The minimum Gasteiger partial charge on any atom is -0.481 e. The zero-order chi connectivity index (χ0) is 14.8. The Balaban J connectivity index is 2.09. The highest BCUT2D eigenvalue weighted by atomic mass is 16.4. The van der Waals surface area contributed by atoms with Crippen LogP contribution in [0.5, 0.6) is 0 Å². The van der Waals surface area contributed by atoms with Crippen molar-refractivity contribution < 1.29 is 19.8 Å². The molecule has 0 aromatic rings. The van der Waals surface area contributed by atoms with Crippen molar-refractivity contribution in [1.29, 1.82) is 0 Å². The summed E-state index contributed by atoms with van der Waals surface area (Å²) in [5.41, 5.74) is 0. The van der Waals surface area contributed by atoms with Gasteiger partial charge in [0.2, 0.25) is 0 Å². The van der Waals surface area contributed by atoms with E-state index in [0.29, 0.717) is 25.4 Å². The van der Waals surface area contributed by atoms with Crippen LogP contribution in [0, 0.1) is 11.8 Å². The third kappa shape index (κ3) is 7.33. The molecule has 1 saturated carbocycles. The molecule has 0 aromatic heterocycles. The summed E-state index contributed by atoms with van der Waals surface area (Å²) in [5, 5.41) is 23.2. The standard InChI is InChI=1S/C14H26N2O4/c17-10-12(8-11-4-1-2-5-11)9-16-14(20)15-7-3-6-13(18)19/h11-12,17H,1-10H2,(H,18,19)(H2,15,16,20). The third-order valence-electron chi connectivity index (χ3n) is 3.80. The van der Waals surface area contributed by atoms with Gasteiger partial charge in [-0.25, -0.2) is 4.79 Å². The number of hydrogen-bond donors (Lipinski definition) is 4. The Bertz CT molecular complexity index is 304. The van der Waals surface area contributed by atoms with Crippen molar-refractivity contribution in [3.8, 4) is 0 Å². The van der Waals surface area contributed by atoms with Crippen molar-refractivity contribution in [3.63, 3.8) is 0 Å². The number of carbonyl (C=O) groups excluding carboxylic acids is 1. The molecule has 4 N–H and O–H groups in total. The fourth-order valence-electron chi connectivity index (χ4n) is 2.68. The Morgan fingerprint density at radius 1 is 1.20 bits per heavy atom. The van der Waals surface area contributed by atoms with Gasteiger partial charge in [0.05, 0.1) is 0 Å². The molecule has 1 unspecified atom stereocenters. The molecule has 116 valence electrons. The molecule has 1 rings (SSSR count). The van der Waals surface area contributed by atoms with Crippen LogP contribution in [-0.4, -0.2) is 41.9 Å². The number of aliphatic hydroxyl groups is 1. The van der Waals surface area contributed by atoms with Gasteiger partial charge in [0.1, 0.15) is 0 Å². The maximum Gasteiger partial charge on any atom is 0.314 e. The zero-order valence-electron chi connectivity index (χ0n) is 11.9. The Hall–Kier alpha value is -1.30. The van der Waals surface area contributed by atoms with Gasteiger partial charge in [-0.3, -0.25) is 4.79 Å². The molecule has 0 saturated heterocycles. The van der Waals surface area contributed by atoms with Crippen LogP contribution in [-0.2, 0) is 4.79 Å². The second-order valence-electron chi connectivity index (χ2n) is 5.57. The zero-order valence-corrected chi connectivity index (χ0v) is 11.9. The average molecular weight is 286 g/mol. The number of carboxylic acid groups (broad SMARTS) is 1. The van der Waals surface area contributed by atoms with Crippen molar-refractivity contribution in [2.75, 3.05) is 19.7 Å². The maximum absolute atomic E-state index is 11.5. The molecular formula is C14H26N2O4. The van der Waals surface area contributed by atoms with E-state index in [1.54, 1.807) is 0 Å². The van der Waals surface area contributed by atoms with Crippen LogP contribution in [0.4, 0.5) is 4.79 Å². The van der Waals surface area contributed by atoms with E-state index in [9.17, 15) is 14.7 Å². The van der Waals surface area contributed by atoms with Gasteiger partial charge in [0.15, 0.2) is 0 Å². The second-order valence-corrected chi connectivity index (χ2v) is 5.57. The monoisotopic (exact) mass is 286 g/mol. The number of carbonyl (C=O) groups is 2. The highest BCUT2D eigenvalue weighted by Gasteiger charge is 2.20. The maximum atomic E-state index is 11.5. The van der Waals surface area contributed by atoms with Gasteiger partial charge in [-0.15, -0.1) is 0 Å². The number of urea groups is 1. The summed E-state index contributed by atoms with van der Waals surface area (Å²) >= 11 is 0. The van der Waals surface area contributed by atoms with Crippen molar-refractivity contribution in [2.45, 2.75) is 44.9 Å². The largest absolute Gasteiger partial charge is 0.481 e. The van der Waals surface area contributed by atoms with E-state index < -0.39 is 5.97 Å². The minimum atomic E-state index is -0.857. The van der Waals surface area contributed by atoms with E-state index in [-0.39, 0.29) is 25.0 Å². The van der Waals surface area contributed by atoms with E-state index in [1.165, 1.54) is 25.7 Å². The van der Waals surface area contributed by atoms with Gasteiger partial charge in [0.25, 0.3) is 0 Å². The van der Waals surface area contributed by atoms with E-state index >= 15 is 0 Å². The second kappa shape index (κ2) is 9.58. The quantitative estimate of drug-likeness (QED) is 0.481. The first-order valence-corrected chi connectivity index (χ1v) is 7.46. The lowest BCUT2D eigenvalue weighted by molar-refractivity contribution is -0.137. The van der Waals surface area contributed by atoms with Crippen molar-refractivity contribution in [3.05, 3.63) is 0 Å². The number of amides is 2. The van der Waals surface area contributed by atoms with E-state index in [1.807, 2.05) is 0 Å². The van der Waals surface area contributed by atoms with Crippen LogP contribution in [0.25, 0.3) is 0 Å². The SMILES string of the molecule is O=C(O)CCCNC(=O)NCC(CO)CC1CCCC1. The molecule has 6 heteroatoms. The molecule has 1 aliphatic rings. The van der Waals surface area contributed by atoms with E-state index in [0.717, 1.165) is 6.42 Å². The van der Waals surface area contributed by atoms with Crippen LogP contribution in [0.15, 0.2) is 0 Å². The normalized spacial score (nSPS) is 16.9. The molecule has 0 heterocycles. The smallest absolute Gasteiger partial charge is 0.314 e. The fourth-order valence-corrected chi connectivity index (χ4v) is 2.68. The highest BCUT2D eigenvalue weighted by molar-refractivity contribution is 5.73. The predicted molar refractivity (Wildman–Crippen MR) is 75.4 cm³/mol. The average Bonchev–Trinajstić information content (AvgIpc) is 2.92. The third-order valence-corrected chi connectivity index (χ3v) is 3.80. The number of rotatable bonds is 9. The molecule has 2 amide bonds. The molecule has 1 aliphatic carbocycles. The molecule has 0 spiro atoms. The summed E-state index contributed by atoms with van der Waals surface area (Å²) in [5.74, 6) is -0.0560. The molecule has 0 radical (unpaired) electrons. The first-order chi connectivity index (χ1) is 9.61. The van der Waals surface area contributed by atoms with Crippen LogP contribution in [0.1, 0.15) is 44.9 Å². The summed E-state index contributed by atoms with van der Waals surface area (Å²) < 4.78 is 0. The van der Waals surface area contributed by atoms with Crippen molar-refractivity contribution in [2.24, 2.45) is 11.8 Å². The summed E-state index contributed by atoms with van der Waals surface area (Å²) in [6, 6.07) is -0.291. The fraction of sp³-hybridized carbons (Fsp3) is 0.857. The van der Waals surface area contributed by atoms with Crippen LogP contribution >= 0.6 is 0 Å². The Morgan fingerprint density at radius 2 is 1.90 bits per heavy atom. The van der Waals surface area contributed by atoms with Crippen molar-refractivity contribution >= 4 is 12.0 Å². The Morgan fingerprint density at radius 3 is 2.50 bits per heavy atom. The van der Waals surface area contributed by atoms with Gasteiger partial charge < -0.3 is 20.8 Å². The van der Waals surface area contributed by atoms with Gasteiger partial charge in [-0.05, 0) is 24.7 Å². The predicted octanol–water partition coefficient (Wildman–Crippen LogP) is 1.34. The topological polar surface area (TPSA) is 98.7 Å². The first-order valence-electron chi connectivity index (χ1n) is 7.46. The lowest BCUT2D eigenvalue weighted by atomic mass is 9.94. The molecule has 0 aromatic carbocycles. The molecule has 6 nitrogen and oxygen atoms in total. The van der Waals surface area contributed by atoms with Gasteiger partial charge >= 0.3 is 12.0 Å². The lowest BCUT2D eigenvalue weighted by Crippen LogP contribution is -2.39. The van der Waals surface area contributed by atoms with Crippen LogP contribution in [0.2, 0.25) is 0 Å². The Labute approximate surface area is 119 Å². The van der Waals surface area contributed by atoms with Crippen LogP contribution in [0.3, 0.4) is 0 Å². The summed E-state index contributed by atoms with van der Waals surface area (Å²) in [6.45, 7) is 0.915. The summed E-state index contributed by atoms with van der Waals surface area (Å²) in [4.78, 5) is 21.8. The molecule has 1 fully saturated rings. The van der Waals surface area contributed by atoms with E-state index in [2.05, 4.69) is 10.6 Å². The number of aliphatic carboxylic acids is 1. The number of carboxylic acids is 1. The number of hydrogen-bond acceptors (Lipinski definition) is 3. The number of nitrogens with one attached hydrogen (secondary N) is 2. The minimum absolute atomic E-state index is 0.0568. The summed E-state index contributed by atoms with van der Waals surface area (Å²) in [6.07, 6.45) is 6.47. The molecule has 0 aliphatic heterocycles. The molecule has 0 bridgehead atoms. The van der Waals surface area contributed by atoms with Gasteiger partial charge in [-0.1, -0.05) is 25.7 Å². The van der Waals surface area contributed by atoms with Gasteiger partial charge in [0, 0.05) is 26.1 Å². The lowest BCUT2D eigenvalue weighted by Gasteiger charge is -2.19. The molecule has 20 heavy (non-hydrogen) atoms. The van der Waals surface area contributed by atoms with E-state index in [4.69, 9.17) is 5.11 Å². The Kier molecular flexibility index (Phi) is 8.02. The number of aliphatic hydroxyl groups excluding tert-OH is 1. The molecular weight excluding hydrogens is 260 g/mol. The summed E-state index contributed by atoms with van der Waals surface area (Å²) in [7, 11) is 0. The first kappa shape index (κ1) is 16.8. The highest BCUT2D eigenvalue weighted by Crippen LogP contribution is 2.29. The van der Waals surface area contributed by atoms with Crippen LogP contribution < -0.4 is 10.6 Å². The van der Waals surface area contributed by atoms with Crippen molar-refractivity contribution in [1.82, 2.24) is 10.6 Å². The molecule has 1 atom stereocenters.